The molecule has 0 aromatic rings. The molecule has 0 aliphatic carbocycles. The van der Waals surface area contributed by atoms with E-state index < -0.39 is 29.3 Å². The van der Waals surface area contributed by atoms with Gasteiger partial charge in [0.05, 0.1) is 17.3 Å². The molecule has 11 heteroatoms. The Morgan fingerprint density at radius 3 is 1.21 bits per heavy atom. The highest BCUT2D eigenvalue weighted by molar-refractivity contribution is 7.81. The molecule has 0 rings (SSSR count). The molecule has 8 nitrogen and oxygen atoms in total. The van der Waals surface area contributed by atoms with Crippen LogP contribution in [0.2, 0.25) is 0 Å². The molecular formula is C13H20O8S3. The summed E-state index contributed by atoms with van der Waals surface area (Å²) in [5.74, 6) is -3.01. The van der Waals surface area contributed by atoms with Gasteiger partial charge >= 0.3 is 23.9 Å². The zero-order valence-corrected chi connectivity index (χ0v) is 15.7. The average molecular weight is 400 g/mol. The molecule has 0 aromatic carbocycles. The van der Waals surface area contributed by atoms with Crippen molar-refractivity contribution in [3.8, 4) is 0 Å². The summed E-state index contributed by atoms with van der Waals surface area (Å²) in [4.78, 5) is 45.1. The highest BCUT2D eigenvalue weighted by atomic mass is 32.1. The molecule has 0 spiro atoms. The van der Waals surface area contributed by atoms with E-state index >= 15 is 0 Å². The van der Waals surface area contributed by atoms with Gasteiger partial charge in [0.15, 0.2) is 0 Å². The van der Waals surface area contributed by atoms with E-state index in [0.29, 0.717) is 0 Å². The molecule has 0 saturated heterocycles. The van der Waals surface area contributed by atoms with Gasteiger partial charge in [0.1, 0.15) is 31.8 Å². The Morgan fingerprint density at radius 2 is 0.958 bits per heavy atom. The third-order valence-corrected chi connectivity index (χ3v) is 3.36. The van der Waals surface area contributed by atoms with Crippen LogP contribution in [0.5, 0.6) is 0 Å². The maximum Gasteiger partial charge on any atom is 0.315 e. The smallest absolute Gasteiger partial charge is 0.315 e. The van der Waals surface area contributed by atoms with Crippen LogP contribution in [-0.2, 0) is 38.1 Å². The van der Waals surface area contributed by atoms with Gasteiger partial charge in [0.2, 0.25) is 0 Å². The second-order valence-electron chi connectivity index (χ2n) is 4.74. The van der Waals surface area contributed by atoms with Gasteiger partial charge in [0, 0.05) is 6.92 Å². The average Bonchev–Trinajstić information content (AvgIpc) is 2.59. The van der Waals surface area contributed by atoms with Crippen molar-refractivity contribution in [1.82, 2.24) is 0 Å². The van der Waals surface area contributed by atoms with Crippen molar-refractivity contribution >= 4 is 61.8 Å². The van der Waals surface area contributed by atoms with Crippen LogP contribution in [0, 0.1) is 5.41 Å². The predicted molar refractivity (Wildman–Crippen MR) is 93.5 cm³/mol. The van der Waals surface area contributed by atoms with Crippen LogP contribution >= 0.6 is 37.9 Å². The number of rotatable bonds is 11. The van der Waals surface area contributed by atoms with Crippen LogP contribution in [0.4, 0.5) is 0 Å². The fourth-order valence-electron chi connectivity index (χ4n) is 1.34. The summed E-state index contributed by atoms with van der Waals surface area (Å²) in [6.07, 6.45) is 0. The summed E-state index contributed by atoms with van der Waals surface area (Å²) in [5.41, 5.74) is -1.25. The maximum absolute atomic E-state index is 11.3. The first-order valence-electron chi connectivity index (χ1n) is 6.71. The van der Waals surface area contributed by atoms with Gasteiger partial charge in [-0.15, -0.1) is 0 Å². The largest absolute Gasteiger partial charge is 0.465 e. The minimum Gasteiger partial charge on any atom is -0.465 e. The van der Waals surface area contributed by atoms with E-state index in [1.54, 1.807) is 0 Å². The summed E-state index contributed by atoms with van der Waals surface area (Å²) in [6.45, 7) is -0.0238. The third kappa shape index (κ3) is 9.93. The van der Waals surface area contributed by atoms with Crippen molar-refractivity contribution < 1.29 is 38.1 Å². The van der Waals surface area contributed by atoms with Crippen LogP contribution in [0.25, 0.3) is 0 Å². The van der Waals surface area contributed by atoms with E-state index in [-0.39, 0.29) is 43.7 Å². The Hall–Kier alpha value is -1.07. The molecule has 0 aliphatic heterocycles. The number of ether oxygens (including phenoxy) is 4. The first kappa shape index (κ1) is 22.9. The van der Waals surface area contributed by atoms with Crippen molar-refractivity contribution in [2.75, 3.05) is 43.7 Å². The molecule has 0 N–H and O–H groups in total. The number of hydrogen-bond donors (Lipinski definition) is 3. The van der Waals surface area contributed by atoms with Gasteiger partial charge in [-0.05, 0) is 0 Å². The monoisotopic (exact) mass is 400 g/mol. The second-order valence-corrected chi connectivity index (χ2v) is 5.69. The second kappa shape index (κ2) is 12.3. The molecule has 138 valence electrons. The van der Waals surface area contributed by atoms with Crippen LogP contribution in [0.1, 0.15) is 6.92 Å². The summed E-state index contributed by atoms with van der Waals surface area (Å²) < 4.78 is 19.9. The Bertz CT molecular complexity index is 404. The normalized spacial score (nSPS) is 10.7. The summed E-state index contributed by atoms with van der Waals surface area (Å²) in [7, 11) is 0. The zero-order chi connectivity index (χ0) is 18.6. The highest BCUT2D eigenvalue weighted by Crippen LogP contribution is 2.21. The lowest BCUT2D eigenvalue weighted by atomic mass is 9.92. The standard InChI is InChI=1S/C13H20O8S3/c1-9(14)18-5-13(6-19-10(15)2-22,7-20-11(16)3-23)8-21-12(17)4-24/h22-24H,2-8H2,1H3. The zero-order valence-electron chi connectivity index (χ0n) is 13.1. The van der Waals surface area contributed by atoms with E-state index in [0.717, 1.165) is 0 Å². The first-order valence-corrected chi connectivity index (χ1v) is 8.61. The molecule has 0 bridgehead atoms. The Morgan fingerprint density at radius 1 is 0.667 bits per heavy atom. The maximum atomic E-state index is 11.3. The number of esters is 4. The van der Waals surface area contributed by atoms with Gasteiger partial charge in [-0.25, -0.2) is 0 Å². The van der Waals surface area contributed by atoms with Crippen molar-refractivity contribution in [2.24, 2.45) is 5.41 Å². The lowest BCUT2D eigenvalue weighted by Crippen LogP contribution is -2.44. The molecular weight excluding hydrogens is 380 g/mol. The van der Waals surface area contributed by atoms with Gasteiger partial charge < -0.3 is 18.9 Å². The van der Waals surface area contributed by atoms with E-state index in [4.69, 9.17) is 18.9 Å². The molecule has 24 heavy (non-hydrogen) atoms. The first-order chi connectivity index (χ1) is 11.3. The van der Waals surface area contributed by atoms with Crippen LogP contribution in [-0.4, -0.2) is 67.6 Å². The Labute approximate surface area is 156 Å². The molecule has 0 heterocycles. The van der Waals surface area contributed by atoms with E-state index in [2.05, 4.69) is 37.9 Å². The minimum atomic E-state index is -1.25. The number of thiol groups is 3. The molecule has 0 fully saturated rings. The number of carbonyl (C=O) groups is 4. The van der Waals surface area contributed by atoms with Crippen molar-refractivity contribution in [1.29, 1.82) is 0 Å². The molecule has 0 amide bonds. The molecule has 0 saturated carbocycles. The fourth-order valence-corrected chi connectivity index (χ4v) is 1.62. The van der Waals surface area contributed by atoms with E-state index in [9.17, 15) is 19.2 Å². The predicted octanol–water partition coefficient (Wildman–Crippen LogP) is -0.0451. The van der Waals surface area contributed by atoms with E-state index in [1.807, 2.05) is 0 Å². The van der Waals surface area contributed by atoms with Gasteiger partial charge in [0.25, 0.3) is 0 Å². The van der Waals surface area contributed by atoms with Crippen LogP contribution in [0.3, 0.4) is 0 Å². The molecule has 0 aromatic heterocycles. The minimum absolute atomic E-state index is 0.170. The topological polar surface area (TPSA) is 105 Å². The highest BCUT2D eigenvalue weighted by Gasteiger charge is 2.37. The lowest BCUT2D eigenvalue weighted by Gasteiger charge is -2.31. The quantitative estimate of drug-likeness (QED) is 0.252. The fraction of sp³-hybridized carbons (Fsp3) is 0.692. The third-order valence-electron chi connectivity index (χ3n) is 2.59. The molecule has 0 unspecified atom stereocenters. The Kier molecular flexibility index (Phi) is 11.8. The van der Waals surface area contributed by atoms with Crippen molar-refractivity contribution in [2.45, 2.75) is 6.92 Å². The summed E-state index contributed by atoms with van der Waals surface area (Å²) in [6, 6.07) is 0. The SMILES string of the molecule is CC(=O)OCC(COC(=O)CS)(COC(=O)CS)COC(=O)CS. The van der Waals surface area contributed by atoms with Crippen LogP contribution < -0.4 is 0 Å². The van der Waals surface area contributed by atoms with Gasteiger partial charge in [-0.2, -0.15) is 37.9 Å². The van der Waals surface area contributed by atoms with Gasteiger partial charge in [-0.3, -0.25) is 19.2 Å². The van der Waals surface area contributed by atoms with E-state index in [1.165, 1.54) is 6.92 Å². The Balaban J connectivity index is 5.17. The summed E-state index contributed by atoms with van der Waals surface area (Å²) >= 11 is 11.3. The summed E-state index contributed by atoms with van der Waals surface area (Å²) in [5, 5.41) is 0. The molecule has 0 aliphatic rings. The van der Waals surface area contributed by atoms with Gasteiger partial charge in [-0.1, -0.05) is 0 Å². The molecule has 0 radical (unpaired) electrons. The number of carbonyl (C=O) groups excluding carboxylic acids is 4. The molecule has 0 atom stereocenters. The lowest BCUT2D eigenvalue weighted by molar-refractivity contribution is -0.167. The van der Waals surface area contributed by atoms with Crippen LogP contribution in [0.15, 0.2) is 0 Å². The van der Waals surface area contributed by atoms with Crippen molar-refractivity contribution in [3.63, 3.8) is 0 Å². The van der Waals surface area contributed by atoms with Crippen molar-refractivity contribution in [3.05, 3.63) is 0 Å². The number of hydrogen-bond acceptors (Lipinski definition) is 11.